The lowest BCUT2D eigenvalue weighted by Gasteiger charge is -2.21. The highest BCUT2D eigenvalue weighted by Crippen LogP contribution is 2.27. The van der Waals surface area contributed by atoms with Crippen molar-refractivity contribution in [3.63, 3.8) is 0 Å². The third-order valence-corrected chi connectivity index (χ3v) is 2.23. The zero-order chi connectivity index (χ0) is 6.97. The number of ether oxygens (including phenoxy) is 1. The predicted octanol–water partition coefficient (Wildman–Crippen LogP) is 0.642. The average Bonchev–Trinajstić information content (AvgIpc) is 2.27. The van der Waals surface area contributed by atoms with Gasteiger partial charge in [-0.2, -0.15) is 0 Å². The van der Waals surface area contributed by atoms with Gasteiger partial charge in [-0.3, -0.25) is 0 Å². The van der Waals surface area contributed by atoms with E-state index in [0.717, 1.165) is 12.8 Å². The molecule has 0 spiro atoms. The molecule has 0 saturated heterocycles. The smallest absolute Gasteiger partial charge is 0.282 e. The highest BCUT2D eigenvalue weighted by molar-refractivity contribution is 5.73. The maximum Gasteiger partial charge on any atom is 0.282 e. The van der Waals surface area contributed by atoms with Gasteiger partial charge >= 0.3 is 0 Å². The summed E-state index contributed by atoms with van der Waals surface area (Å²) in [5.74, 6) is 0. The molecule has 2 aliphatic rings. The van der Waals surface area contributed by atoms with Gasteiger partial charge in [0.25, 0.3) is 6.02 Å². The second-order valence-electron chi connectivity index (χ2n) is 2.98. The molecule has 1 aliphatic heterocycles. The number of nitrogens with zero attached hydrogens (tertiary/aromatic N) is 1. The number of fused-ring (bicyclic) bond motifs is 1. The predicted molar refractivity (Wildman–Crippen MR) is 38.8 cm³/mol. The van der Waals surface area contributed by atoms with Crippen molar-refractivity contribution in [3.8, 4) is 0 Å². The Balaban J connectivity index is 2.06. The third kappa shape index (κ3) is 0.856. The summed E-state index contributed by atoms with van der Waals surface area (Å²) < 4.78 is 5.29. The molecule has 1 aliphatic carbocycles. The molecule has 1 heterocycles. The summed E-state index contributed by atoms with van der Waals surface area (Å²) in [6, 6.07) is 0.783. The van der Waals surface area contributed by atoms with Crippen LogP contribution in [0, 0.1) is 0 Å². The molecule has 3 heteroatoms. The van der Waals surface area contributed by atoms with Crippen LogP contribution in [-0.4, -0.2) is 18.2 Å². The minimum absolute atomic E-state index is 0.314. The van der Waals surface area contributed by atoms with E-state index in [1.54, 1.807) is 0 Å². The number of aliphatic imine (C=N–C) groups is 1. The molecular formula is C7H12N2O. The summed E-state index contributed by atoms with van der Waals surface area (Å²) >= 11 is 0. The van der Waals surface area contributed by atoms with Crippen molar-refractivity contribution in [1.29, 1.82) is 0 Å². The van der Waals surface area contributed by atoms with Gasteiger partial charge in [0, 0.05) is 0 Å². The Labute approximate surface area is 60.3 Å². The van der Waals surface area contributed by atoms with E-state index in [2.05, 4.69) is 4.99 Å². The first-order valence-electron chi connectivity index (χ1n) is 3.86. The maximum atomic E-state index is 5.42. The molecule has 2 rings (SSSR count). The first-order valence-corrected chi connectivity index (χ1v) is 3.86. The van der Waals surface area contributed by atoms with Crippen LogP contribution >= 0.6 is 0 Å². The summed E-state index contributed by atoms with van der Waals surface area (Å²) in [6.07, 6.45) is 5.15. The van der Waals surface area contributed by atoms with E-state index in [9.17, 15) is 0 Å². The Hall–Kier alpha value is -0.730. The molecule has 0 aromatic rings. The molecule has 3 nitrogen and oxygen atoms in total. The van der Waals surface area contributed by atoms with E-state index in [0.29, 0.717) is 18.2 Å². The van der Waals surface area contributed by atoms with Gasteiger partial charge in [-0.25, -0.2) is 4.99 Å². The molecule has 0 amide bonds. The van der Waals surface area contributed by atoms with Crippen LogP contribution in [0.4, 0.5) is 0 Å². The summed E-state index contributed by atoms with van der Waals surface area (Å²) in [6.45, 7) is 0. The molecule has 1 fully saturated rings. The van der Waals surface area contributed by atoms with Gasteiger partial charge in [0.1, 0.15) is 6.10 Å². The zero-order valence-electron chi connectivity index (χ0n) is 5.92. The van der Waals surface area contributed by atoms with Gasteiger partial charge in [-0.05, 0) is 19.3 Å². The third-order valence-electron chi connectivity index (χ3n) is 2.23. The van der Waals surface area contributed by atoms with Crippen molar-refractivity contribution in [3.05, 3.63) is 0 Å². The van der Waals surface area contributed by atoms with Crippen LogP contribution < -0.4 is 5.73 Å². The van der Waals surface area contributed by atoms with E-state index in [1.165, 1.54) is 12.8 Å². The van der Waals surface area contributed by atoms with Crippen LogP contribution in [0.2, 0.25) is 0 Å². The van der Waals surface area contributed by atoms with Crippen molar-refractivity contribution < 1.29 is 4.74 Å². The molecule has 2 atom stereocenters. The fourth-order valence-corrected chi connectivity index (χ4v) is 1.71. The zero-order valence-corrected chi connectivity index (χ0v) is 5.92. The first-order chi connectivity index (χ1) is 4.86. The Morgan fingerprint density at radius 1 is 1.40 bits per heavy atom. The van der Waals surface area contributed by atoms with Gasteiger partial charge in [0.05, 0.1) is 6.04 Å². The van der Waals surface area contributed by atoms with Crippen LogP contribution in [0.3, 0.4) is 0 Å². The number of hydrogen-bond acceptors (Lipinski definition) is 3. The molecule has 1 saturated carbocycles. The SMILES string of the molecule is NC1=N[C@@H]2CCCC[C@H]2O1. The summed E-state index contributed by atoms with van der Waals surface area (Å²) in [4.78, 5) is 4.18. The normalized spacial score (nSPS) is 38.2. The van der Waals surface area contributed by atoms with Crippen LogP contribution in [0.1, 0.15) is 25.7 Å². The monoisotopic (exact) mass is 140 g/mol. The maximum absolute atomic E-state index is 5.42. The van der Waals surface area contributed by atoms with Crippen molar-refractivity contribution in [1.82, 2.24) is 0 Å². The topological polar surface area (TPSA) is 47.6 Å². The molecule has 0 bridgehead atoms. The van der Waals surface area contributed by atoms with E-state index >= 15 is 0 Å². The lowest BCUT2D eigenvalue weighted by Crippen LogP contribution is -2.26. The molecule has 0 radical (unpaired) electrons. The minimum Gasteiger partial charge on any atom is -0.460 e. The van der Waals surface area contributed by atoms with Crippen molar-refractivity contribution >= 4 is 6.02 Å². The van der Waals surface area contributed by atoms with Crippen LogP contribution in [0.15, 0.2) is 4.99 Å². The Morgan fingerprint density at radius 2 is 2.20 bits per heavy atom. The largest absolute Gasteiger partial charge is 0.460 e. The number of amidine groups is 1. The fraction of sp³-hybridized carbons (Fsp3) is 0.857. The van der Waals surface area contributed by atoms with E-state index in [1.807, 2.05) is 0 Å². The fourth-order valence-electron chi connectivity index (χ4n) is 1.71. The molecule has 10 heavy (non-hydrogen) atoms. The van der Waals surface area contributed by atoms with Crippen molar-refractivity contribution in [2.45, 2.75) is 37.8 Å². The Bertz CT molecular complexity index is 167. The van der Waals surface area contributed by atoms with Gasteiger partial charge in [0.2, 0.25) is 0 Å². The lowest BCUT2D eigenvalue weighted by molar-refractivity contribution is 0.151. The van der Waals surface area contributed by atoms with Crippen LogP contribution in [-0.2, 0) is 4.74 Å². The number of nitrogens with two attached hydrogens (primary N) is 1. The molecular weight excluding hydrogens is 128 g/mol. The Morgan fingerprint density at radius 3 is 3.00 bits per heavy atom. The minimum atomic E-state index is 0.314. The summed E-state index contributed by atoms with van der Waals surface area (Å²) in [5, 5.41) is 0. The standard InChI is InChI=1S/C7H12N2O/c8-7-9-5-3-1-2-4-6(5)10-7/h5-6H,1-4H2,(H2,8,9)/t5-,6-/m1/s1. The van der Waals surface area contributed by atoms with E-state index in [-0.39, 0.29) is 0 Å². The van der Waals surface area contributed by atoms with Gasteiger partial charge in [-0.15, -0.1) is 0 Å². The number of rotatable bonds is 0. The second kappa shape index (κ2) is 2.15. The average molecular weight is 140 g/mol. The van der Waals surface area contributed by atoms with Gasteiger partial charge in [0.15, 0.2) is 0 Å². The molecule has 2 N–H and O–H groups in total. The lowest BCUT2D eigenvalue weighted by atomic mass is 9.94. The number of hydrogen-bond donors (Lipinski definition) is 1. The second-order valence-corrected chi connectivity index (χ2v) is 2.98. The quantitative estimate of drug-likeness (QED) is 0.536. The highest BCUT2D eigenvalue weighted by atomic mass is 16.5. The van der Waals surface area contributed by atoms with Crippen molar-refractivity contribution in [2.75, 3.05) is 0 Å². The molecule has 0 aromatic carbocycles. The molecule has 0 unspecified atom stereocenters. The van der Waals surface area contributed by atoms with E-state index < -0.39 is 0 Å². The van der Waals surface area contributed by atoms with Crippen LogP contribution in [0.25, 0.3) is 0 Å². The van der Waals surface area contributed by atoms with Gasteiger partial charge < -0.3 is 10.5 Å². The Kier molecular flexibility index (Phi) is 1.29. The molecule has 0 aromatic heterocycles. The van der Waals surface area contributed by atoms with Crippen LogP contribution in [0.5, 0.6) is 0 Å². The summed E-state index contributed by atoms with van der Waals surface area (Å²) in [5.41, 5.74) is 5.42. The summed E-state index contributed by atoms with van der Waals surface area (Å²) in [7, 11) is 0. The molecule has 56 valence electrons. The van der Waals surface area contributed by atoms with Gasteiger partial charge in [-0.1, -0.05) is 6.42 Å². The first kappa shape index (κ1) is 6.01. The van der Waals surface area contributed by atoms with E-state index in [4.69, 9.17) is 10.5 Å². The van der Waals surface area contributed by atoms with Crippen molar-refractivity contribution in [2.24, 2.45) is 10.7 Å². The highest BCUT2D eigenvalue weighted by Gasteiger charge is 2.31.